The summed E-state index contributed by atoms with van der Waals surface area (Å²) in [5.41, 5.74) is 8.58. The van der Waals surface area contributed by atoms with Crippen LogP contribution in [0.15, 0.2) is 6.07 Å². The van der Waals surface area contributed by atoms with Crippen molar-refractivity contribution in [2.75, 3.05) is 23.7 Å². The van der Waals surface area contributed by atoms with Gasteiger partial charge in [-0.25, -0.2) is 4.98 Å². The van der Waals surface area contributed by atoms with Crippen LogP contribution in [0.4, 0.5) is 5.82 Å². The van der Waals surface area contributed by atoms with Crippen molar-refractivity contribution in [1.82, 2.24) is 4.98 Å². The van der Waals surface area contributed by atoms with Gasteiger partial charge in [0, 0.05) is 29.8 Å². The Labute approximate surface area is 119 Å². The van der Waals surface area contributed by atoms with Crippen molar-refractivity contribution < 1.29 is 0 Å². The zero-order valence-electron chi connectivity index (χ0n) is 11.9. The minimum Gasteiger partial charge on any atom is -0.384 e. The lowest BCUT2D eigenvalue weighted by Gasteiger charge is -2.34. The predicted octanol–water partition coefficient (Wildman–Crippen LogP) is 2.31. The molecule has 1 unspecified atom stereocenters. The lowest BCUT2D eigenvalue weighted by molar-refractivity contribution is 0.718. The van der Waals surface area contributed by atoms with Crippen LogP contribution in [0.1, 0.15) is 30.2 Å². The smallest absolute Gasteiger partial charge is 0.140 e. The maximum absolute atomic E-state index is 7.81. The van der Waals surface area contributed by atoms with Gasteiger partial charge >= 0.3 is 0 Å². The quantitative estimate of drug-likeness (QED) is 0.658. The molecule has 3 N–H and O–H groups in total. The van der Waals surface area contributed by atoms with Gasteiger partial charge < -0.3 is 10.6 Å². The van der Waals surface area contributed by atoms with Crippen LogP contribution < -0.4 is 10.6 Å². The number of rotatable bonds is 3. The molecule has 4 nitrogen and oxygen atoms in total. The first-order chi connectivity index (χ1) is 9.02. The lowest BCUT2D eigenvalue weighted by Crippen LogP contribution is -2.39. The molecule has 1 atom stereocenters. The average Bonchev–Trinajstić information content (AvgIpc) is 2.37. The van der Waals surface area contributed by atoms with E-state index in [0.29, 0.717) is 5.25 Å². The van der Waals surface area contributed by atoms with Gasteiger partial charge in [0.15, 0.2) is 0 Å². The first kappa shape index (κ1) is 14.2. The van der Waals surface area contributed by atoms with Gasteiger partial charge in [-0.1, -0.05) is 6.92 Å². The van der Waals surface area contributed by atoms with Crippen LogP contribution in [0.5, 0.6) is 0 Å². The lowest BCUT2D eigenvalue weighted by atomic mass is 10.1. The molecule has 1 aliphatic rings. The van der Waals surface area contributed by atoms with Crippen LogP contribution >= 0.6 is 11.8 Å². The molecule has 2 rings (SSSR count). The molecule has 0 aliphatic carbocycles. The molecule has 104 valence electrons. The summed E-state index contributed by atoms with van der Waals surface area (Å²) < 4.78 is 0. The van der Waals surface area contributed by atoms with Gasteiger partial charge in [0.1, 0.15) is 11.7 Å². The third-order valence-corrected chi connectivity index (χ3v) is 4.86. The highest BCUT2D eigenvalue weighted by atomic mass is 32.2. The Bertz CT molecular complexity index is 487. The van der Waals surface area contributed by atoms with E-state index < -0.39 is 0 Å². The molecule has 1 saturated heterocycles. The fraction of sp³-hybridized carbons (Fsp3) is 0.571. The first-order valence-corrected chi connectivity index (χ1v) is 7.77. The molecular formula is C14H22N4S. The number of hydrogen-bond acceptors (Lipinski definition) is 4. The van der Waals surface area contributed by atoms with Gasteiger partial charge in [-0.3, -0.25) is 5.41 Å². The number of aromatic nitrogens is 1. The number of amidine groups is 1. The van der Waals surface area contributed by atoms with Gasteiger partial charge in [-0.05, 0) is 31.9 Å². The fourth-order valence-corrected chi connectivity index (χ4v) is 3.72. The minimum absolute atomic E-state index is 0.117. The molecule has 19 heavy (non-hydrogen) atoms. The van der Waals surface area contributed by atoms with Crippen molar-refractivity contribution in [1.29, 1.82) is 5.41 Å². The van der Waals surface area contributed by atoms with E-state index >= 15 is 0 Å². The Morgan fingerprint density at radius 1 is 1.58 bits per heavy atom. The monoisotopic (exact) mass is 278 g/mol. The number of aryl methyl sites for hydroxylation is 2. The number of nitrogens with zero attached hydrogens (tertiary/aromatic N) is 2. The van der Waals surface area contributed by atoms with Gasteiger partial charge in [0.05, 0.1) is 5.56 Å². The Morgan fingerprint density at radius 2 is 2.32 bits per heavy atom. The second kappa shape index (κ2) is 5.82. The molecule has 0 amide bonds. The summed E-state index contributed by atoms with van der Waals surface area (Å²) in [5, 5.41) is 8.46. The molecule has 1 aliphatic heterocycles. The van der Waals surface area contributed by atoms with E-state index in [1.807, 2.05) is 31.7 Å². The Kier molecular flexibility index (Phi) is 4.34. The zero-order chi connectivity index (χ0) is 14.0. The topological polar surface area (TPSA) is 66.0 Å². The minimum atomic E-state index is 0.117. The van der Waals surface area contributed by atoms with Crippen molar-refractivity contribution in [2.45, 2.75) is 32.4 Å². The number of anilines is 1. The van der Waals surface area contributed by atoms with Crippen molar-refractivity contribution in [2.24, 2.45) is 5.73 Å². The van der Waals surface area contributed by atoms with E-state index in [2.05, 4.69) is 16.8 Å². The molecular weight excluding hydrogens is 256 g/mol. The zero-order valence-corrected chi connectivity index (χ0v) is 12.7. The standard InChI is InChI=1S/C14H22N4S/c1-4-11-8-18(5-6-19-11)14-12(13(15)16)9(2)7-10(3)17-14/h7,11H,4-6,8H2,1-3H3,(H3,15,16). The molecule has 0 saturated carbocycles. The fourth-order valence-electron chi connectivity index (χ4n) is 2.54. The number of hydrogen-bond donors (Lipinski definition) is 2. The van der Waals surface area contributed by atoms with Crippen LogP contribution in [0.3, 0.4) is 0 Å². The van der Waals surface area contributed by atoms with Gasteiger partial charge in [0.2, 0.25) is 0 Å². The third-order valence-electron chi connectivity index (χ3n) is 3.49. The van der Waals surface area contributed by atoms with Crippen molar-refractivity contribution in [3.63, 3.8) is 0 Å². The van der Waals surface area contributed by atoms with Gasteiger partial charge in [-0.15, -0.1) is 0 Å². The van der Waals surface area contributed by atoms with Crippen LogP contribution in [-0.4, -0.2) is 34.9 Å². The summed E-state index contributed by atoms with van der Waals surface area (Å²) in [6, 6.07) is 2.00. The van der Waals surface area contributed by atoms with E-state index in [9.17, 15) is 0 Å². The number of nitrogen functional groups attached to an aromatic ring is 1. The molecule has 1 fully saturated rings. The van der Waals surface area contributed by atoms with Crippen LogP contribution in [-0.2, 0) is 0 Å². The van der Waals surface area contributed by atoms with Crippen LogP contribution in [0, 0.1) is 19.3 Å². The second-order valence-corrected chi connectivity index (χ2v) is 6.45. The van der Waals surface area contributed by atoms with Crippen molar-refractivity contribution >= 4 is 23.4 Å². The summed E-state index contributed by atoms with van der Waals surface area (Å²) in [4.78, 5) is 6.94. The van der Waals surface area contributed by atoms with Gasteiger partial charge in [-0.2, -0.15) is 11.8 Å². The molecule has 0 spiro atoms. The van der Waals surface area contributed by atoms with Crippen LogP contribution in [0.25, 0.3) is 0 Å². The number of pyridine rings is 1. The first-order valence-electron chi connectivity index (χ1n) is 6.72. The van der Waals surface area contributed by atoms with Crippen molar-refractivity contribution in [3.05, 3.63) is 22.9 Å². The molecule has 0 aromatic carbocycles. The maximum atomic E-state index is 7.81. The van der Waals surface area contributed by atoms with Gasteiger partial charge in [0.25, 0.3) is 0 Å². The van der Waals surface area contributed by atoms with Crippen LogP contribution in [0.2, 0.25) is 0 Å². The largest absolute Gasteiger partial charge is 0.384 e. The molecule has 1 aromatic heterocycles. The summed E-state index contributed by atoms with van der Waals surface area (Å²) >= 11 is 2.03. The normalized spacial score (nSPS) is 19.5. The van der Waals surface area contributed by atoms with E-state index in [0.717, 1.165) is 41.5 Å². The average molecular weight is 278 g/mol. The van der Waals surface area contributed by atoms with E-state index in [4.69, 9.17) is 11.1 Å². The summed E-state index contributed by atoms with van der Waals surface area (Å²) in [7, 11) is 0. The number of thioether (sulfide) groups is 1. The Morgan fingerprint density at radius 3 is 2.95 bits per heavy atom. The van der Waals surface area contributed by atoms with E-state index in [1.54, 1.807) is 0 Å². The van der Waals surface area contributed by atoms with Crippen molar-refractivity contribution in [3.8, 4) is 0 Å². The summed E-state index contributed by atoms with van der Waals surface area (Å²) in [6.07, 6.45) is 1.17. The van der Waals surface area contributed by atoms with E-state index in [-0.39, 0.29) is 5.84 Å². The molecule has 2 heterocycles. The molecule has 0 bridgehead atoms. The highest BCUT2D eigenvalue weighted by Gasteiger charge is 2.24. The Balaban J connectivity index is 2.40. The maximum Gasteiger partial charge on any atom is 0.140 e. The highest BCUT2D eigenvalue weighted by molar-refractivity contribution is 8.00. The molecule has 5 heteroatoms. The number of nitrogens with one attached hydrogen (secondary N) is 1. The highest BCUT2D eigenvalue weighted by Crippen LogP contribution is 2.28. The molecule has 1 aromatic rings. The summed E-state index contributed by atoms with van der Waals surface area (Å²) in [6.45, 7) is 8.21. The third kappa shape index (κ3) is 3.03. The predicted molar refractivity (Wildman–Crippen MR) is 83.5 cm³/mol. The Hall–Kier alpha value is -1.23. The molecule has 0 radical (unpaired) electrons. The number of nitrogens with two attached hydrogens (primary N) is 1. The summed E-state index contributed by atoms with van der Waals surface area (Å²) in [5.74, 6) is 2.12. The van der Waals surface area contributed by atoms with E-state index in [1.165, 1.54) is 6.42 Å². The SMILES string of the molecule is CCC1CN(c2nc(C)cc(C)c2C(=N)N)CCS1. The second-order valence-electron chi connectivity index (χ2n) is 5.04.